The molecule has 1 aliphatic rings. The molecule has 2 atom stereocenters. The van der Waals surface area contributed by atoms with Crippen molar-refractivity contribution in [3.05, 3.63) is 34.9 Å². The van der Waals surface area contributed by atoms with Gasteiger partial charge in [-0.1, -0.05) is 24.2 Å². The Morgan fingerprint density at radius 1 is 1.56 bits per heavy atom. The summed E-state index contributed by atoms with van der Waals surface area (Å²) in [6, 6.07) is 5.87. The van der Waals surface area contributed by atoms with Crippen molar-refractivity contribution >= 4 is 5.84 Å². The number of aryl methyl sites for hydroxylation is 1. The SMILES string of the molecule is Cc1cc(/C(N)=N/O)ccc1CNCC1CC1C. The van der Waals surface area contributed by atoms with Gasteiger partial charge in [-0.15, -0.1) is 0 Å². The molecule has 0 amide bonds. The van der Waals surface area contributed by atoms with Crippen LogP contribution in [0.25, 0.3) is 0 Å². The first-order valence-corrected chi connectivity index (χ1v) is 6.40. The maximum Gasteiger partial charge on any atom is 0.170 e. The van der Waals surface area contributed by atoms with E-state index >= 15 is 0 Å². The number of benzene rings is 1. The van der Waals surface area contributed by atoms with Gasteiger partial charge < -0.3 is 16.3 Å². The summed E-state index contributed by atoms with van der Waals surface area (Å²) < 4.78 is 0. The lowest BCUT2D eigenvalue weighted by Crippen LogP contribution is -2.18. The molecule has 98 valence electrons. The second kappa shape index (κ2) is 5.40. The Morgan fingerprint density at radius 2 is 2.28 bits per heavy atom. The zero-order valence-electron chi connectivity index (χ0n) is 11.0. The van der Waals surface area contributed by atoms with E-state index in [0.29, 0.717) is 0 Å². The van der Waals surface area contributed by atoms with Crippen LogP contribution in [0.15, 0.2) is 23.4 Å². The highest BCUT2D eigenvalue weighted by atomic mass is 16.4. The molecule has 0 spiro atoms. The van der Waals surface area contributed by atoms with Crippen LogP contribution in [0.5, 0.6) is 0 Å². The van der Waals surface area contributed by atoms with Gasteiger partial charge in [0.2, 0.25) is 0 Å². The molecule has 4 nitrogen and oxygen atoms in total. The van der Waals surface area contributed by atoms with Crippen LogP contribution in [0, 0.1) is 18.8 Å². The first-order valence-electron chi connectivity index (χ1n) is 6.40. The molecule has 0 aromatic heterocycles. The van der Waals surface area contributed by atoms with E-state index < -0.39 is 0 Å². The minimum absolute atomic E-state index is 0.157. The average Bonchev–Trinajstić information content (AvgIpc) is 3.06. The molecule has 2 rings (SSSR count). The fraction of sp³-hybridized carbons (Fsp3) is 0.500. The van der Waals surface area contributed by atoms with Crippen molar-refractivity contribution in [2.75, 3.05) is 6.54 Å². The number of rotatable bonds is 5. The van der Waals surface area contributed by atoms with Gasteiger partial charge in [0.15, 0.2) is 5.84 Å². The fourth-order valence-electron chi connectivity index (χ4n) is 2.19. The molecule has 1 aliphatic carbocycles. The normalized spacial score (nSPS) is 23.1. The van der Waals surface area contributed by atoms with Gasteiger partial charge in [-0.2, -0.15) is 0 Å². The summed E-state index contributed by atoms with van der Waals surface area (Å²) in [5.41, 5.74) is 8.74. The van der Waals surface area contributed by atoms with Crippen molar-refractivity contribution < 1.29 is 5.21 Å². The van der Waals surface area contributed by atoms with E-state index in [1.165, 1.54) is 12.0 Å². The number of hydrogen-bond donors (Lipinski definition) is 3. The van der Waals surface area contributed by atoms with Crippen LogP contribution in [0.4, 0.5) is 0 Å². The number of nitrogens with one attached hydrogen (secondary N) is 1. The summed E-state index contributed by atoms with van der Waals surface area (Å²) in [5, 5.41) is 15.1. The number of amidine groups is 1. The Balaban J connectivity index is 1.92. The summed E-state index contributed by atoms with van der Waals surface area (Å²) in [4.78, 5) is 0. The highest BCUT2D eigenvalue weighted by Gasteiger charge is 2.31. The quantitative estimate of drug-likeness (QED) is 0.322. The first-order chi connectivity index (χ1) is 8.61. The van der Waals surface area contributed by atoms with Crippen LogP contribution in [0.3, 0.4) is 0 Å². The predicted molar refractivity (Wildman–Crippen MR) is 72.7 cm³/mol. The van der Waals surface area contributed by atoms with Gasteiger partial charge in [-0.3, -0.25) is 0 Å². The maximum atomic E-state index is 8.63. The summed E-state index contributed by atoms with van der Waals surface area (Å²) >= 11 is 0. The van der Waals surface area contributed by atoms with Crippen molar-refractivity contribution in [1.82, 2.24) is 5.32 Å². The minimum Gasteiger partial charge on any atom is -0.409 e. The largest absolute Gasteiger partial charge is 0.409 e. The molecular weight excluding hydrogens is 226 g/mol. The molecule has 1 aromatic carbocycles. The van der Waals surface area contributed by atoms with Gasteiger partial charge >= 0.3 is 0 Å². The second-order valence-electron chi connectivity index (χ2n) is 5.23. The lowest BCUT2D eigenvalue weighted by atomic mass is 10.0. The van der Waals surface area contributed by atoms with Crippen LogP contribution in [0.2, 0.25) is 0 Å². The third kappa shape index (κ3) is 3.01. The fourth-order valence-corrected chi connectivity index (χ4v) is 2.19. The summed E-state index contributed by atoms with van der Waals surface area (Å²) in [6.45, 7) is 6.32. The van der Waals surface area contributed by atoms with E-state index in [4.69, 9.17) is 10.9 Å². The van der Waals surface area contributed by atoms with Crippen molar-refractivity contribution in [2.45, 2.75) is 26.8 Å². The van der Waals surface area contributed by atoms with Crippen molar-refractivity contribution in [1.29, 1.82) is 0 Å². The molecular formula is C14H21N3O. The van der Waals surface area contributed by atoms with E-state index in [9.17, 15) is 0 Å². The van der Waals surface area contributed by atoms with E-state index in [2.05, 4.69) is 17.4 Å². The molecule has 0 saturated heterocycles. The van der Waals surface area contributed by atoms with Gasteiger partial charge in [-0.25, -0.2) is 0 Å². The van der Waals surface area contributed by atoms with E-state index in [0.717, 1.165) is 36.1 Å². The Labute approximate surface area is 108 Å². The summed E-state index contributed by atoms with van der Waals surface area (Å²) in [6.07, 6.45) is 1.36. The number of hydrogen-bond acceptors (Lipinski definition) is 3. The molecule has 1 aromatic rings. The molecule has 0 radical (unpaired) electrons. The average molecular weight is 247 g/mol. The molecule has 0 aliphatic heterocycles. The van der Waals surface area contributed by atoms with Gasteiger partial charge in [0.1, 0.15) is 0 Å². The van der Waals surface area contributed by atoms with Crippen LogP contribution in [0.1, 0.15) is 30.0 Å². The number of nitrogens with two attached hydrogens (primary N) is 1. The molecule has 2 unspecified atom stereocenters. The third-order valence-corrected chi connectivity index (χ3v) is 3.74. The lowest BCUT2D eigenvalue weighted by Gasteiger charge is -2.09. The van der Waals surface area contributed by atoms with Gasteiger partial charge in [-0.05, 0) is 48.9 Å². The number of oxime groups is 1. The molecule has 4 N–H and O–H groups in total. The molecule has 18 heavy (non-hydrogen) atoms. The first kappa shape index (κ1) is 12.9. The van der Waals surface area contributed by atoms with Gasteiger partial charge in [0.05, 0.1) is 0 Å². The highest BCUT2D eigenvalue weighted by Crippen LogP contribution is 2.36. The van der Waals surface area contributed by atoms with Crippen LogP contribution < -0.4 is 11.1 Å². The lowest BCUT2D eigenvalue weighted by molar-refractivity contribution is 0.318. The predicted octanol–water partition coefficient (Wildman–Crippen LogP) is 1.84. The maximum absolute atomic E-state index is 8.63. The highest BCUT2D eigenvalue weighted by molar-refractivity contribution is 5.97. The minimum atomic E-state index is 0.157. The second-order valence-corrected chi connectivity index (χ2v) is 5.23. The summed E-state index contributed by atoms with van der Waals surface area (Å²) in [7, 11) is 0. The standard InChI is InChI=1S/C14H21N3O/c1-9-5-11(14(15)17-18)3-4-12(9)7-16-8-13-6-10(13)2/h3-5,10,13,16,18H,6-8H2,1-2H3,(H2,15,17). The van der Waals surface area contributed by atoms with Crippen molar-refractivity contribution in [2.24, 2.45) is 22.7 Å². The third-order valence-electron chi connectivity index (χ3n) is 3.74. The monoisotopic (exact) mass is 247 g/mol. The van der Waals surface area contributed by atoms with Gasteiger partial charge in [0, 0.05) is 12.1 Å². The van der Waals surface area contributed by atoms with E-state index in [-0.39, 0.29) is 5.84 Å². The molecule has 4 heteroatoms. The Hall–Kier alpha value is -1.55. The van der Waals surface area contributed by atoms with Crippen LogP contribution in [-0.2, 0) is 6.54 Å². The molecule has 1 saturated carbocycles. The Bertz CT molecular complexity index is 456. The van der Waals surface area contributed by atoms with E-state index in [1.54, 1.807) is 0 Å². The summed E-state index contributed by atoms with van der Waals surface area (Å²) in [5.74, 6) is 1.91. The number of nitrogens with zero attached hydrogens (tertiary/aromatic N) is 1. The van der Waals surface area contributed by atoms with Gasteiger partial charge in [0.25, 0.3) is 0 Å². The van der Waals surface area contributed by atoms with Crippen molar-refractivity contribution in [3.63, 3.8) is 0 Å². The van der Waals surface area contributed by atoms with Crippen LogP contribution >= 0.6 is 0 Å². The Morgan fingerprint density at radius 3 is 2.83 bits per heavy atom. The van der Waals surface area contributed by atoms with Crippen LogP contribution in [-0.4, -0.2) is 17.6 Å². The zero-order valence-corrected chi connectivity index (χ0v) is 11.0. The van der Waals surface area contributed by atoms with Crippen molar-refractivity contribution in [3.8, 4) is 0 Å². The molecule has 0 heterocycles. The zero-order chi connectivity index (χ0) is 13.1. The Kier molecular flexibility index (Phi) is 3.87. The molecule has 0 bridgehead atoms. The molecule has 1 fully saturated rings. The van der Waals surface area contributed by atoms with E-state index in [1.807, 2.05) is 25.1 Å². The topological polar surface area (TPSA) is 70.6 Å². The smallest absolute Gasteiger partial charge is 0.170 e.